The molecule has 0 aromatic heterocycles. The summed E-state index contributed by atoms with van der Waals surface area (Å²) in [7, 11) is 3.59. The maximum Gasteiger partial charge on any atom is 0.234 e. The second kappa shape index (κ2) is 12.6. The van der Waals surface area contributed by atoms with Gasteiger partial charge >= 0.3 is 0 Å². The number of carbonyl (C=O) groups is 1. The number of nitrogens with zero attached hydrogens (tertiary/aromatic N) is 3. The van der Waals surface area contributed by atoms with E-state index in [1.54, 1.807) is 7.11 Å². The van der Waals surface area contributed by atoms with Crippen molar-refractivity contribution in [1.82, 2.24) is 20.4 Å². The minimum absolute atomic E-state index is 0. The Labute approximate surface area is 210 Å². The first kappa shape index (κ1) is 26.7. The highest BCUT2D eigenvalue weighted by Gasteiger charge is 2.36. The van der Waals surface area contributed by atoms with Crippen LogP contribution in [0.4, 0.5) is 0 Å². The van der Waals surface area contributed by atoms with Crippen molar-refractivity contribution in [2.45, 2.75) is 51.0 Å². The standard InChI is InChI=1S/C24H39N5O2.HI/c1-19(2)27-22(30)17-28-12-14-29(15-13-28)23(25-3)26-18-24(10-5-6-11-24)20-8-7-9-21(16-20)31-4;/h7-9,16,19H,5-6,10-15,17-18H2,1-4H3,(H,25,26)(H,27,30);1H. The maximum atomic E-state index is 12.0. The molecule has 0 unspecified atom stereocenters. The molecule has 1 heterocycles. The van der Waals surface area contributed by atoms with E-state index in [1.165, 1.54) is 31.2 Å². The molecule has 7 nitrogen and oxygen atoms in total. The molecule has 1 saturated carbocycles. The zero-order valence-corrected chi connectivity index (χ0v) is 22.4. The quantitative estimate of drug-likeness (QED) is 0.307. The molecular weight excluding hydrogens is 517 g/mol. The topological polar surface area (TPSA) is 69.2 Å². The van der Waals surface area contributed by atoms with Gasteiger partial charge in [0, 0.05) is 51.2 Å². The van der Waals surface area contributed by atoms with Crippen molar-refractivity contribution in [3.05, 3.63) is 29.8 Å². The number of carbonyl (C=O) groups excluding carboxylic acids is 1. The molecule has 3 rings (SSSR count). The number of guanidine groups is 1. The van der Waals surface area contributed by atoms with E-state index >= 15 is 0 Å². The Morgan fingerprint density at radius 2 is 1.88 bits per heavy atom. The smallest absolute Gasteiger partial charge is 0.234 e. The molecule has 1 aromatic carbocycles. The fourth-order valence-electron chi connectivity index (χ4n) is 4.84. The van der Waals surface area contributed by atoms with Crippen LogP contribution in [0.5, 0.6) is 5.75 Å². The van der Waals surface area contributed by atoms with E-state index < -0.39 is 0 Å². The summed E-state index contributed by atoms with van der Waals surface area (Å²) < 4.78 is 5.47. The second-order valence-corrected chi connectivity index (χ2v) is 9.11. The number of ether oxygens (including phenoxy) is 1. The molecule has 1 aliphatic carbocycles. The van der Waals surface area contributed by atoms with Gasteiger partial charge < -0.3 is 20.3 Å². The lowest BCUT2D eigenvalue weighted by Gasteiger charge is -2.38. The number of piperazine rings is 1. The number of hydrogen-bond acceptors (Lipinski definition) is 4. The highest BCUT2D eigenvalue weighted by Crippen LogP contribution is 2.41. The van der Waals surface area contributed by atoms with Gasteiger partial charge in [-0.25, -0.2) is 0 Å². The molecule has 8 heteroatoms. The SMILES string of the molecule is CN=C(NCC1(c2cccc(OC)c2)CCCC1)N1CCN(CC(=O)NC(C)C)CC1.I. The van der Waals surface area contributed by atoms with Crippen molar-refractivity contribution < 1.29 is 9.53 Å². The van der Waals surface area contributed by atoms with Crippen LogP contribution in [0.15, 0.2) is 29.3 Å². The van der Waals surface area contributed by atoms with Crippen molar-refractivity contribution >= 4 is 35.8 Å². The molecule has 1 amide bonds. The summed E-state index contributed by atoms with van der Waals surface area (Å²) in [6, 6.07) is 8.72. The predicted molar refractivity (Wildman–Crippen MR) is 141 cm³/mol. The Hall–Kier alpha value is -1.55. The van der Waals surface area contributed by atoms with Crippen molar-refractivity contribution in [2.75, 3.05) is 53.4 Å². The van der Waals surface area contributed by atoms with Crippen molar-refractivity contribution in [3.63, 3.8) is 0 Å². The van der Waals surface area contributed by atoms with E-state index in [-0.39, 0.29) is 41.3 Å². The number of nitrogens with one attached hydrogen (secondary N) is 2. The molecule has 2 N–H and O–H groups in total. The third-order valence-corrected chi connectivity index (χ3v) is 6.53. The van der Waals surface area contributed by atoms with E-state index in [1.807, 2.05) is 27.0 Å². The Kier molecular flexibility index (Phi) is 10.5. The first-order chi connectivity index (χ1) is 15.0. The van der Waals surface area contributed by atoms with Crippen LogP contribution in [0.25, 0.3) is 0 Å². The van der Waals surface area contributed by atoms with Gasteiger partial charge in [-0.2, -0.15) is 0 Å². The average Bonchev–Trinajstić information content (AvgIpc) is 3.25. The minimum Gasteiger partial charge on any atom is -0.497 e. The maximum absolute atomic E-state index is 12.0. The van der Waals surface area contributed by atoms with E-state index in [9.17, 15) is 4.79 Å². The van der Waals surface area contributed by atoms with Crippen LogP contribution in [0.2, 0.25) is 0 Å². The number of amides is 1. The van der Waals surface area contributed by atoms with E-state index in [0.717, 1.165) is 44.4 Å². The monoisotopic (exact) mass is 557 g/mol. The van der Waals surface area contributed by atoms with Gasteiger partial charge in [0.15, 0.2) is 5.96 Å². The lowest BCUT2D eigenvalue weighted by Crippen LogP contribution is -2.55. The third kappa shape index (κ3) is 6.97. The number of aliphatic imine (C=N–C) groups is 1. The fourth-order valence-corrected chi connectivity index (χ4v) is 4.84. The number of benzene rings is 1. The van der Waals surface area contributed by atoms with Crippen LogP contribution in [0, 0.1) is 0 Å². The minimum atomic E-state index is 0. The van der Waals surface area contributed by atoms with Gasteiger partial charge in [0.2, 0.25) is 5.91 Å². The first-order valence-electron chi connectivity index (χ1n) is 11.6. The number of rotatable bonds is 7. The highest BCUT2D eigenvalue weighted by molar-refractivity contribution is 14.0. The van der Waals surface area contributed by atoms with Crippen LogP contribution in [-0.4, -0.2) is 81.1 Å². The first-order valence-corrected chi connectivity index (χ1v) is 11.6. The molecule has 1 saturated heterocycles. The summed E-state index contributed by atoms with van der Waals surface area (Å²) in [6.07, 6.45) is 4.88. The number of methoxy groups -OCH3 is 1. The van der Waals surface area contributed by atoms with Gasteiger partial charge in [0.25, 0.3) is 0 Å². The van der Waals surface area contributed by atoms with Gasteiger partial charge in [0.1, 0.15) is 5.75 Å². The molecule has 1 aliphatic heterocycles. The summed E-state index contributed by atoms with van der Waals surface area (Å²) >= 11 is 0. The van der Waals surface area contributed by atoms with E-state index in [0.29, 0.717) is 6.54 Å². The third-order valence-electron chi connectivity index (χ3n) is 6.53. The molecule has 2 fully saturated rings. The largest absolute Gasteiger partial charge is 0.497 e. The Bertz CT molecular complexity index is 757. The zero-order chi connectivity index (χ0) is 22.3. The van der Waals surface area contributed by atoms with Crippen molar-refractivity contribution in [2.24, 2.45) is 4.99 Å². The molecular formula is C24H40IN5O2. The normalized spacial score (nSPS) is 18.9. The van der Waals surface area contributed by atoms with Gasteiger partial charge in [-0.05, 0) is 44.4 Å². The Balaban J connectivity index is 0.00000363. The molecule has 180 valence electrons. The molecule has 0 spiro atoms. The lowest BCUT2D eigenvalue weighted by atomic mass is 9.78. The molecule has 1 aromatic rings. The average molecular weight is 558 g/mol. The van der Waals surface area contributed by atoms with E-state index in [4.69, 9.17) is 4.74 Å². The summed E-state index contributed by atoms with van der Waals surface area (Å²) in [4.78, 5) is 21.1. The van der Waals surface area contributed by atoms with Crippen LogP contribution >= 0.6 is 24.0 Å². The van der Waals surface area contributed by atoms with Crippen LogP contribution in [-0.2, 0) is 10.2 Å². The highest BCUT2D eigenvalue weighted by atomic mass is 127. The lowest BCUT2D eigenvalue weighted by molar-refractivity contribution is -0.123. The van der Waals surface area contributed by atoms with Crippen molar-refractivity contribution in [1.29, 1.82) is 0 Å². The molecule has 32 heavy (non-hydrogen) atoms. The Morgan fingerprint density at radius 1 is 1.19 bits per heavy atom. The Morgan fingerprint density at radius 3 is 2.47 bits per heavy atom. The molecule has 0 atom stereocenters. The fraction of sp³-hybridized carbons (Fsp3) is 0.667. The summed E-state index contributed by atoms with van der Waals surface area (Å²) in [5.74, 6) is 1.98. The van der Waals surface area contributed by atoms with Gasteiger partial charge in [-0.15, -0.1) is 24.0 Å². The van der Waals surface area contributed by atoms with Crippen LogP contribution in [0.1, 0.15) is 45.1 Å². The zero-order valence-electron chi connectivity index (χ0n) is 20.0. The summed E-state index contributed by atoms with van der Waals surface area (Å²) in [6.45, 7) is 8.82. The van der Waals surface area contributed by atoms with E-state index in [2.05, 4.69) is 43.6 Å². The van der Waals surface area contributed by atoms with Crippen molar-refractivity contribution in [3.8, 4) is 5.75 Å². The summed E-state index contributed by atoms with van der Waals surface area (Å²) in [5, 5.41) is 6.65. The molecule has 0 bridgehead atoms. The second-order valence-electron chi connectivity index (χ2n) is 9.11. The van der Waals surface area contributed by atoms with Gasteiger partial charge in [-0.1, -0.05) is 25.0 Å². The number of halogens is 1. The number of hydrogen-bond donors (Lipinski definition) is 2. The molecule has 2 aliphatic rings. The summed E-state index contributed by atoms with van der Waals surface area (Å²) in [5.41, 5.74) is 1.48. The van der Waals surface area contributed by atoms with Crippen LogP contribution < -0.4 is 15.4 Å². The van der Waals surface area contributed by atoms with Crippen LogP contribution in [0.3, 0.4) is 0 Å². The van der Waals surface area contributed by atoms with Gasteiger partial charge in [0.05, 0.1) is 13.7 Å². The molecule has 0 radical (unpaired) electrons. The predicted octanol–water partition coefficient (Wildman–Crippen LogP) is 2.84. The van der Waals surface area contributed by atoms with Gasteiger partial charge in [-0.3, -0.25) is 14.7 Å².